The Labute approximate surface area is 559 Å². The largest absolute Gasteiger partial charge is 0.472 e. The van der Waals surface area contributed by atoms with Gasteiger partial charge in [0.2, 0.25) is 0 Å². The number of carbonyl (C=O) groups is 4. The third-order valence-electron chi connectivity index (χ3n) is 15.8. The first-order valence-electron chi connectivity index (χ1n) is 36.8. The Morgan fingerprint density at radius 3 is 0.891 bits per heavy atom. The van der Waals surface area contributed by atoms with E-state index >= 15 is 0 Å². The SMILES string of the molecule is CCCCCC/C=C\C=C/CCCCCCCC(=O)OC[C@H](COP(=O)(O)OC[C@@H](O)COP(=O)(O)OC[C@@H](COC(=O)CCCCCCCCC)OC(=O)CCCCCCCCCCCCCCC(C)C)OC(=O)CCCCCCC/C=C\C=C/CCCCCC. The summed E-state index contributed by atoms with van der Waals surface area (Å²) in [6.07, 6.45) is 58.6. The zero-order chi connectivity index (χ0) is 67.7. The second kappa shape index (κ2) is 65.3. The third-order valence-corrected chi connectivity index (χ3v) is 17.7. The van der Waals surface area contributed by atoms with Crippen molar-refractivity contribution >= 4 is 39.5 Å². The molecule has 0 aliphatic rings. The quantitative estimate of drug-likeness (QED) is 0.0169. The van der Waals surface area contributed by atoms with Gasteiger partial charge in [-0.25, -0.2) is 9.13 Å². The summed E-state index contributed by atoms with van der Waals surface area (Å²) in [6, 6.07) is 0. The number of unbranched alkanes of at least 4 members (excludes halogenated alkanes) is 35. The van der Waals surface area contributed by atoms with E-state index in [1.807, 2.05) is 0 Å². The lowest BCUT2D eigenvalue weighted by atomic mass is 10.0. The van der Waals surface area contributed by atoms with Crippen molar-refractivity contribution in [1.82, 2.24) is 0 Å². The van der Waals surface area contributed by atoms with Crippen molar-refractivity contribution in [2.75, 3.05) is 39.6 Å². The maximum atomic E-state index is 13.0. The second-order valence-electron chi connectivity index (χ2n) is 25.4. The van der Waals surface area contributed by atoms with Crippen LogP contribution in [0.15, 0.2) is 48.6 Å². The zero-order valence-corrected chi connectivity index (χ0v) is 60.4. The Balaban J connectivity index is 5.27. The predicted octanol–water partition coefficient (Wildman–Crippen LogP) is 20.4. The summed E-state index contributed by atoms with van der Waals surface area (Å²) in [4.78, 5) is 72.5. The van der Waals surface area contributed by atoms with Crippen molar-refractivity contribution in [3.63, 3.8) is 0 Å². The predicted molar refractivity (Wildman–Crippen MR) is 372 cm³/mol. The Morgan fingerprint density at radius 1 is 0.337 bits per heavy atom. The molecule has 0 rings (SSSR count). The van der Waals surface area contributed by atoms with Crippen molar-refractivity contribution in [1.29, 1.82) is 0 Å². The van der Waals surface area contributed by atoms with Gasteiger partial charge in [0.25, 0.3) is 0 Å². The minimum Gasteiger partial charge on any atom is -0.462 e. The number of aliphatic hydroxyl groups excluding tert-OH is 1. The first-order chi connectivity index (χ1) is 44.5. The number of allylic oxidation sites excluding steroid dienone is 8. The molecule has 0 heterocycles. The van der Waals surface area contributed by atoms with Gasteiger partial charge >= 0.3 is 39.5 Å². The van der Waals surface area contributed by atoms with Gasteiger partial charge in [-0.2, -0.15) is 0 Å². The molecule has 0 aromatic carbocycles. The van der Waals surface area contributed by atoms with Gasteiger partial charge in [0.05, 0.1) is 26.4 Å². The molecule has 19 heteroatoms. The lowest BCUT2D eigenvalue weighted by molar-refractivity contribution is -0.161. The highest BCUT2D eigenvalue weighted by Gasteiger charge is 2.30. The van der Waals surface area contributed by atoms with E-state index in [9.17, 15) is 43.2 Å². The van der Waals surface area contributed by atoms with Crippen LogP contribution in [0.3, 0.4) is 0 Å². The van der Waals surface area contributed by atoms with Gasteiger partial charge < -0.3 is 33.8 Å². The molecule has 538 valence electrons. The molecule has 5 atom stereocenters. The molecule has 0 saturated heterocycles. The Hall–Kier alpha value is -2.98. The van der Waals surface area contributed by atoms with Crippen molar-refractivity contribution in [2.45, 2.75) is 348 Å². The van der Waals surface area contributed by atoms with Gasteiger partial charge in [-0.05, 0) is 83.0 Å². The highest BCUT2D eigenvalue weighted by Crippen LogP contribution is 2.45. The van der Waals surface area contributed by atoms with Crippen LogP contribution in [0.5, 0.6) is 0 Å². The summed E-state index contributed by atoms with van der Waals surface area (Å²) in [5.74, 6) is -1.41. The molecule has 0 bridgehead atoms. The normalized spacial score (nSPS) is 14.4. The maximum Gasteiger partial charge on any atom is 0.472 e. The van der Waals surface area contributed by atoms with E-state index in [-0.39, 0.29) is 25.7 Å². The molecule has 0 aromatic rings. The van der Waals surface area contributed by atoms with Gasteiger partial charge in [0.15, 0.2) is 12.2 Å². The average molecular weight is 1350 g/mol. The summed E-state index contributed by atoms with van der Waals surface area (Å²) >= 11 is 0. The Bertz CT molecular complexity index is 1960. The molecule has 0 fully saturated rings. The minimum atomic E-state index is -4.97. The van der Waals surface area contributed by atoms with Crippen molar-refractivity contribution in [3.05, 3.63) is 48.6 Å². The fourth-order valence-corrected chi connectivity index (χ4v) is 11.7. The van der Waals surface area contributed by atoms with Crippen molar-refractivity contribution < 1.29 is 80.2 Å². The van der Waals surface area contributed by atoms with E-state index in [1.54, 1.807) is 0 Å². The van der Waals surface area contributed by atoms with Crippen LogP contribution in [-0.4, -0.2) is 96.7 Å². The monoisotopic (exact) mass is 1340 g/mol. The first-order valence-corrected chi connectivity index (χ1v) is 39.8. The van der Waals surface area contributed by atoms with Crippen molar-refractivity contribution in [3.8, 4) is 0 Å². The molecule has 2 unspecified atom stereocenters. The van der Waals surface area contributed by atoms with Crippen LogP contribution in [0, 0.1) is 5.92 Å². The summed E-state index contributed by atoms with van der Waals surface area (Å²) in [5, 5.41) is 10.6. The van der Waals surface area contributed by atoms with Crippen LogP contribution in [0.2, 0.25) is 0 Å². The Morgan fingerprint density at radius 2 is 0.587 bits per heavy atom. The van der Waals surface area contributed by atoms with Crippen molar-refractivity contribution in [2.24, 2.45) is 5.92 Å². The second-order valence-corrected chi connectivity index (χ2v) is 28.3. The lowest BCUT2D eigenvalue weighted by Crippen LogP contribution is -2.30. The van der Waals surface area contributed by atoms with Crippen LogP contribution in [0.25, 0.3) is 0 Å². The topological polar surface area (TPSA) is 237 Å². The number of hydrogen-bond donors (Lipinski definition) is 3. The number of phosphoric acid groups is 2. The van der Waals surface area contributed by atoms with E-state index < -0.39 is 97.5 Å². The van der Waals surface area contributed by atoms with Crippen LogP contribution in [0.4, 0.5) is 0 Å². The summed E-state index contributed by atoms with van der Waals surface area (Å²) in [5.41, 5.74) is 0. The van der Waals surface area contributed by atoms with E-state index in [4.69, 9.17) is 37.0 Å². The minimum absolute atomic E-state index is 0.0782. The molecule has 0 amide bonds. The number of hydrogen-bond acceptors (Lipinski definition) is 15. The number of esters is 4. The van der Waals surface area contributed by atoms with E-state index in [0.29, 0.717) is 25.7 Å². The number of rotatable bonds is 69. The molecule has 0 radical (unpaired) electrons. The summed E-state index contributed by atoms with van der Waals surface area (Å²) < 4.78 is 68.2. The van der Waals surface area contributed by atoms with Gasteiger partial charge in [-0.3, -0.25) is 37.3 Å². The smallest absolute Gasteiger partial charge is 0.462 e. The van der Waals surface area contributed by atoms with Gasteiger partial charge in [-0.15, -0.1) is 0 Å². The molecule has 0 spiro atoms. The lowest BCUT2D eigenvalue weighted by Gasteiger charge is -2.21. The Kier molecular flexibility index (Phi) is 63.2. The van der Waals surface area contributed by atoms with Gasteiger partial charge in [-0.1, -0.05) is 276 Å². The molecular weight excluding hydrogens is 1210 g/mol. The molecule has 0 aliphatic heterocycles. The van der Waals surface area contributed by atoms with E-state index in [0.717, 1.165) is 141 Å². The van der Waals surface area contributed by atoms with Crippen LogP contribution in [-0.2, 0) is 65.4 Å². The molecule has 17 nitrogen and oxygen atoms in total. The molecule has 0 saturated carbocycles. The van der Waals surface area contributed by atoms with E-state index in [2.05, 4.69) is 83.2 Å². The van der Waals surface area contributed by atoms with Gasteiger partial charge in [0.1, 0.15) is 19.3 Å². The summed E-state index contributed by atoms with van der Waals surface area (Å²) in [7, 11) is -9.92. The van der Waals surface area contributed by atoms with Crippen LogP contribution in [0.1, 0.15) is 330 Å². The van der Waals surface area contributed by atoms with Gasteiger partial charge in [0, 0.05) is 25.7 Å². The third kappa shape index (κ3) is 65.7. The highest BCUT2D eigenvalue weighted by atomic mass is 31.2. The number of carbonyl (C=O) groups excluding carboxylic acids is 4. The summed E-state index contributed by atoms with van der Waals surface area (Å²) in [6.45, 7) is 7.10. The maximum absolute atomic E-state index is 13.0. The fourth-order valence-electron chi connectivity index (χ4n) is 10.1. The molecule has 3 N–H and O–H groups in total. The zero-order valence-electron chi connectivity index (χ0n) is 58.6. The molecular formula is C73H134O17P2. The number of phosphoric ester groups is 2. The first kappa shape index (κ1) is 89.0. The van der Waals surface area contributed by atoms with Crippen LogP contribution >= 0.6 is 15.6 Å². The average Bonchev–Trinajstić information content (AvgIpc) is 3.60. The van der Waals surface area contributed by atoms with Crippen LogP contribution < -0.4 is 0 Å². The molecule has 0 aromatic heterocycles. The van der Waals surface area contributed by atoms with E-state index in [1.165, 1.54) is 109 Å². The molecule has 92 heavy (non-hydrogen) atoms. The highest BCUT2D eigenvalue weighted by molar-refractivity contribution is 7.47. The molecule has 0 aliphatic carbocycles. The number of ether oxygens (including phenoxy) is 4. The fraction of sp³-hybridized carbons (Fsp3) is 0.836. The standard InChI is InChI=1S/C73H134O17P2/c1-6-9-12-15-18-20-22-24-26-28-33-37-42-47-52-57-71(76)84-63-69(90-73(78)58-53-48-43-38-34-29-27-25-23-21-19-16-13-10-7-2)65-88-92(81,82)86-61-67(74)60-85-91(79,80)87-64-68(62-83-70(75)56-51-46-40-17-14-11-8-3)89-72(77)59-54-49-44-39-35-31-30-32-36-41-45-50-55-66(4)5/h20-27,66-69,74H,6-19,28-65H2,1-5H3,(H,79,80)(H,81,82)/b22-20-,23-21-,26-24-,27-25-/t67-,68+,69+/m0/s1. The number of aliphatic hydroxyl groups is 1.